The number of ether oxygens (including phenoxy) is 1. The maximum absolute atomic E-state index is 11.9. The molecule has 1 fully saturated rings. The number of likely N-dealkylation sites (tertiary alicyclic amines) is 1. The van der Waals surface area contributed by atoms with Gasteiger partial charge in [-0.15, -0.1) is 0 Å². The zero-order valence-corrected chi connectivity index (χ0v) is 13.7. The number of piperidine rings is 1. The first-order valence-electron chi connectivity index (χ1n) is 8.21. The van der Waals surface area contributed by atoms with Crippen LogP contribution >= 0.6 is 0 Å². The maximum atomic E-state index is 11.9. The molecule has 0 spiro atoms. The standard InChI is InChI=1S/C16H32N2O2/c1-5-14-7-10-18(11-8-14)12-9-15(17-13(3)4)16(19)20-6-2/h13-15,17H,5-12H2,1-4H3. The number of hydrogen-bond donors (Lipinski definition) is 1. The lowest BCUT2D eigenvalue weighted by atomic mass is 9.94. The van der Waals surface area contributed by atoms with Gasteiger partial charge in [0.25, 0.3) is 0 Å². The largest absolute Gasteiger partial charge is 0.465 e. The van der Waals surface area contributed by atoms with Crippen molar-refractivity contribution in [1.82, 2.24) is 10.2 Å². The summed E-state index contributed by atoms with van der Waals surface area (Å²) in [5.41, 5.74) is 0. The van der Waals surface area contributed by atoms with Crippen molar-refractivity contribution in [2.45, 2.75) is 65.5 Å². The number of nitrogens with one attached hydrogen (secondary N) is 1. The van der Waals surface area contributed by atoms with Crippen molar-refractivity contribution in [3.8, 4) is 0 Å². The summed E-state index contributed by atoms with van der Waals surface area (Å²) in [5.74, 6) is 0.797. The first-order valence-corrected chi connectivity index (χ1v) is 8.21. The Morgan fingerprint density at radius 1 is 1.30 bits per heavy atom. The zero-order chi connectivity index (χ0) is 15.0. The van der Waals surface area contributed by atoms with Crippen LogP contribution in [0.1, 0.15) is 53.4 Å². The molecule has 1 saturated heterocycles. The topological polar surface area (TPSA) is 41.6 Å². The van der Waals surface area contributed by atoms with Crippen molar-refractivity contribution in [1.29, 1.82) is 0 Å². The molecule has 1 aliphatic rings. The summed E-state index contributed by atoms with van der Waals surface area (Å²) in [5, 5.41) is 3.32. The average Bonchev–Trinajstić information content (AvgIpc) is 2.43. The van der Waals surface area contributed by atoms with Crippen molar-refractivity contribution < 1.29 is 9.53 Å². The van der Waals surface area contributed by atoms with Crippen molar-refractivity contribution in [2.24, 2.45) is 5.92 Å². The normalized spacial score (nSPS) is 19.2. The highest BCUT2D eigenvalue weighted by atomic mass is 16.5. The Labute approximate surface area is 124 Å². The molecule has 0 aromatic carbocycles. The van der Waals surface area contributed by atoms with E-state index in [1.807, 2.05) is 6.92 Å². The van der Waals surface area contributed by atoms with Gasteiger partial charge in [-0.05, 0) is 45.2 Å². The first-order chi connectivity index (χ1) is 9.56. The second-order valence-electron chi connectivity index (χ2n) is 6.11. The summed E-state index contributed by atoms with van der Waals surface area (Å²) in [6, 6.07) is 0.133. The van der Waals surface area contributed by atoms with E-state index in [1.54, 1.807) is 0 Å². The van der Waals surface area contributed by atoms with E-state index in [2.05, 4.69) is 31.0 Å². The molecule has 0 radical (unpaired) electrons. The van der Waals surface area contributed by atoms with Crippen LogP contribution in [0.4, 0.5) is 0 Å². The average molecular weight is 284 g/mol. The molecule has 0 aliphatic carbocycles. The third kappa shape index (κ3) is 6.23. The van der Waals surface area contributed by atoms with Gasteiger partial charge in [0, 0.05) is 12.6 Å². The van der Waals surface area contributed by atoms with Crippen LogP contribution in [0.3, 0.4) is 0 Å². The molecule has 0 aromatic rings. The summed E-state index contributed by atoms with van der Waals surface area (Å²) < 4.78 is 5.16. The lowest BCUT2D eigenvalue weighted by molar-refractivity contribution is -0.146. The SMILES string of the molecule is CCOC(=O)C(CCN1CCC(CC)CC1)NC(C)C. The molecule has 1 unspecified atom stereocenters. The van der Waals surface area contributed by atoms with Gasteiger partial charge < -0.3 is 15.0 Å². The summed E-state index contributed by atoms with van der Waals surface area (Å²) >= 11 is 0. The highest BCUT2D eigenvalue weighted by Crippen LogP contribution is 2.20. The van der Waals surface area contributed by atoms with Crippen LogP contribution in [0.15, 0.2) is 0 Å². The minimum absolute atomic E-state index is 0.107. The minimum Gasteiger partial charge on any atom is -0.465 e. The van der Waals surface area contributed by atoms with E-state index < -0.39 is 0 Å². The first kappa shape index (κ1) is 17.4. The van der Waals surface area contributed by atoms with Gasteiger partial charge in [0.05, 0.1) is 6.61 Å². The number of nitrogens with zero attached hydrogens (tertiary/aromatic N) is 1. The summed E-state index contributed by atoms with van der Waals surface area (Å²) in [7, 11) is 0. The monoisotopic (exact) mass is 284 g/mol. The van der Waals surface area contributed by atoms with E-state index in [9.17, 15) is 4.79 Å². The third-order valence-electron chi connectivity index (χ3n) is 4.12. The Morgan fingerprint density at radius 3 is 2.45 bits per heavy atom. The number of rotatable bonds is 8. The van der Waals surface area contributed by atoms with Gasteiger partial charge in [0.1, 0.15) is 6.04 Å². The molecule has 0 bridgehead atoms. The van der Waals surface area contributed by atoms with E-state index in [0.717, 1.165) is 18.9 Å². The lowest BCUT2D eigenvalue weighted by Gasteiger charge is -2.32. The minimum atomic E-state index is -0.168. The molecule has 0 saturated carbocycles. The zero-order valence-electron chi connectivity index (χ0n) is 13.7. The maximum Gasteiger partial charge on any atom is 0.323 e. The van der Waals surface area contributed by atoms with Crippen LogP contribution in [0.25, 0.3) is 0 Å². The van der Waals surface area contributed by atoms with E-state index in [4.69, 9.17) is 4.74 Å². The highest BCUT2D eigenvalue weighted by molar-refractivity contribution is 5.75. The van der Waals surface area contributed by atoms with Gasteiger partial charge in [-0.1, -0.05) is 27.2 Å². The van der Waals surface area contributed by atoms with Crippen molar-refractivity contribution in [3.63, 3.8) is 0 Å². The predicted octanol–water partition coefficient (Wildman–Crippen LogP) is 2.43. The number of esters is 1. The summed E-state index contributed by atoms with van der Waals surface area (Å²) in [4.78, 5) is 14.4. The molecule has 4 nitrogen and oxygen atoms in total. The number of carbonyl (C=O) groups excluding carboxylic acids is 1. The number of hydrogen-bond acceptors (Lipinski definition) is 4. The molecule has 1 heterocycles. The fraction of sp³-hybridized carbons (Fsp3) is 0.938. The Balaban J connectivity index is 2.36. The molecule has 1 rings (SSSR count). The van der Waals surface area contributed by atoms with Crippen LogP contribution in [0, 0.1) is 5.92 Å². The molecule has 118 valence electrons. The predicted molar refractivity (Wildman–Crippen MR) is 82.8 cm³/mol. The molecule has 1 aliphatic heterocycles. The summed E-state index contributed by atoms with van der Waals surface area (Å²) in [6.45, 7) is 12.1. The van der Waals surface area contributed by atoms with Crippen LogP contribution in [-0.4, -0.2) is 49.2 Å². The van der Waals surface area contributed by atoms with Crippen molar-refractivity contribution in [3.05, 3.63) is 0 Å². The Bertz CT molecular complexity index is 274. The van der Waals surface area contributed by atoms with Crippen molar-refractivity contribution >= 4 is 5.97 Å². The molecule has 20 heavy (non-hydrogen) atoms. The van der Waals surface area contributed by atoms with Crippen LogP contribution < -0.4 is 5.32 Å². The van der Waals surface area contributed by atoms with E-state index in [-0.39, 0.29) is 12.0 Å². The van der Waals surface area contributed by atoms with Gasteiger partial charge >= 0.3 is 5.97 Å². The van der Waals surface area contributed by atoms with Crippen molar-refractivity contribution in [2.75, 3.05) is 26.2 Å². The second kappa shape index (κ2) is 9.35. The van der Waals surface area contributed by atoms with Crippen LogP contribution in [-0.2, 0) is 9.53 Å². The molecule has 1 N–H and O–H groups in total. The Hall–Kier alpha value is -0.610. The quantitative estimate of drug-likeness (QED) is 0.695. The smallest absolute Gasteiger partial charge is 0.323 e. The van der Waals surface area contributed by atoms with Crippen LogP contribution in [0.5, 0.6) is 0 Å². The fourth-order valence-corrected chi connectivity index (χ4v) is 2.84. The van der Waals surface area contributed by atoms with Gasteiger partial charge in [-0.2, -0.15) is 0 Å². The second-order valence-corrected chi connectivity index (χ2v) is 6.11. The Morgan fingerprint density at radius 2 is 1.95 bits per heavy atom. The third-order valence-corrected chi connectivity index (χ3v) is 4.12. The van der Waals surface area contributed by atoms with E-state index in [1.165, 1.54) is 32.4 Å². The van der Waals surface area contributed by atoms with Gasteiger partial charge in [-0.3, -0.25) is 4.79 Å². The lowest BCUT2D eigenvalue weighted by Crippen LogP contribution is -2.45. The van der Waals surface area contributed by atoms with Gasteiger partial charge in [0.2, 0.25) is 0 Å². The number of carbonyl (C=O) groups is 1. The summed E-state index contributed by atoms with van der Waals surface area (Å²) in [6.07, 6.45) is 4.75. The van der Waals surface area contributed by atoms with Gasteiger partial charge in [0.15, 0.2) is 0 Å². The molecular weight excluding hydrogens is 252 g/mol. The Kier molecular flexibility index (Phi) is 8.15. The fourth-order valence-electron chi connectivity index (χ4n) is 2.84. The van der Waals surface area contributed by atoms with E-state index in [0.29, 0.717) is 12.6 Å². The molecular formula is C16H32N2O2. The molecule has 0 amide bonds. The molecule has 0 aromatic heterocycles. The molecule has 4 heteroatoms. The van der Waals surface area contributed by atoms with Crippen LogP contribution in [0.2, 0.25) is 0 Å². The molecule has 1 atom stereocenters. The van der Waals surface area contributed by atoms with E-state index >= 15 is 0 Å². The van der Waals surface area contributed by atoms with Gasteiger partial charge in [-0.25, -0.2) is 0 Å². The highest BCUT2D eigenvalue weighted by Gasteiger charge is 2.23.